The van der Waals surface area contributed by atoms with Gasteiger partial charge in [0.15, 0.2) is 16.6 Å². The number of nitrogens with zero attached hydrogens (tertiary/aromatic N) is 2. The Morgan fingerprint density at radius 1 is 1.00 bits per heavy atom. The zero-order valence-electron chi connectivity index (χ0n) is 19.9. The van der Waals surface area contributed by atoms with Gasteiger partial charge in [0.05, 0.1) is 26.3 Å². The molecule has 0 aliphatic carbocycles. The molecular weight excluding hydrogens is 481 g/mol. The van der Waals surface area contributed by atoms with Gasteiger partial charge in [-0.25, -0.2) is 4.39 Å². The third-order valence-electron chi connectivity index (χ3n) is 5.93. The van der Waals surface area contributed by atoms with Crippen LogP contribution in [0.3, 0.4) is 0 Å². The Bertz CT molecular complexity index is 1250. The van der Waals surface area contributed by atoms with Crippen molar-refractivity contribution in [2.75, 3.05) is 31.0 Å². The molecule has 1 heterocycles. The first kappa shape index (κ1) is 25.1. The molecule has 0 saturated carbocycles. The van der Waals surface area contributed by atoms with Crippen molar-refractivity contribution in [3.05, 3.63) is 84.2 Å². The zero-order chi connectivity index (χ0) is 25.7. The lowest BCUT2D eigenvalue weighted by Crippen LogP contribution is -2.39. The monoisotopic (exact) mass is 507 g/mol. The number of hydrogen-bond donors (Lipinski definition) is 1. The van der Waals surface area contributed by atoms with Crippen molar-refractivity contribution in [2.24, 2.45) is 0 Å². The normalized spacial score (nSPS) is 15.2. The van der Waals surface area contributed by atoms with Crippen LogP contribution in [0.15, 0.2) is 72.8 Å². The van der Waals surface area contributed by atoms with Crippen molar-refractivity contribution in [1.82, 2.24) is 4.90 Å². The van der Waals surface area contributed by atoms with Crippen LogP contribution >= 0.6 is 12.2 Å². The van der Waals surface area contributed by atoms with Gasteiger partial charge in [0.25, 0.3) is 5.91 Å². The van der Waals surface area contributed by atoms with E-state index < -0.39 is 11.9 Å². The topological polar surface area (TPSA) is 71.1 Å². The van der Waals surface area contributed by atoms with Gasteiger partial charge in [-0.3, -0.25) is 14.5 Å². The molecule has 0 bridgehead atoms. The van der Waals surface area contributed by atoms with E-state index >= 15 is 0 Å². The van der Waals surface area contributed by atoms with E-state index in [1.54, 1.807) is 31.3 Å². The maximum absolute atomic E-state index is 13.5. The third-order valence-corrected chi connectivity index (χ3v) is 6.35. The van der Waals surface area contributed by atoms with Gasteiger partial charge in [-0.15, -0.1) is 0 Å². The summed E-state index contributed by atoms with van der Waals surface area (Å²) in [7, 11) is 3.14. The second-order valence-electron chi connectivity index (χ2n) is 8.20. The van der Waals surface area contributed by atoms with Crippen LogP contribution in [0.25, 0.3) is 0 Å². The molecule has 1 atom stereocenters. The van der Waals surface area contributed by atoms with E-state index in [0.717, 1.165) is 5.56 Å². The molecule has 186 valence electrons. The van der Waals surface area contributed by atoms with E-state index in [0.29, 0.717) is 35.8 Å². The molecule has 1 aliphatic heterocycles. The highest BCUT2D eigenvalue weighted by molar-refractivity contribution is 7.80. The lowest BCUT2D eigenvalue weighted by atomic mass is 10.1. The molecule has 4 rings (SSSR count). The SMILES string of the molecule is COc1ccc(CCN2C(=S)N(c3ccc(F)cc3)C(=O)C2CC(=O)Nc2ccccc2)cc1OC. The van der Waals surface area contributed by atoms with Gasteiger partial charge in [-0.2, -0.15) is 0 Å². The summed E-state index contributed by atoms with van der Waals surface area (Å²) in [6, 6.07) is 19.4. The number of para-hydroxylation sites is 1. The van der Waals surface area contributed by atoms with Gasteiger partial charge in [0.1, 0.15) is 11.9 Å². The number of benzene rings is 3. The zero-order valence-corrected chi connectivity index (χ0v) is 20.8. The van der Waals surface area contributed by atoms with Crippen LogP contribution in [0.5, 0.6) is 11.5 Å². The van der Waals surface area contributed by atoms with E-state index in [1.165, 1.54) is 29.2 Å². The number of amides is 2. The van der Waals surface area contributed by atoms with Gasteiger partial charge < -0.3 is 19.7 Å². The van der Waals surface area contributed by atoms with Crippen LogP contribution in [0, 0.1) is 5.82 Å². The van der Waals surface area contributed by atoms with E-state index in [1.807, 2.05) is 36.4 Å². The van der Waals surface area contributed by atoms with Crippen LogP contribution < -0.4 is 19.7 Å². The Hall–Kier alpha value is -3.98. The molecular formula is C27H26FN3O4S. The molecule has 2 amide bonds. The molecule has 1 unspecified atom stereocenters. The maximum Gasteiger partial charge on any atom is 0.256 e. The summed E-state index contributed by atoms with van der Waals surface area (Å²) in [5.74, 6) is 0.162. The summed E-state index contributed by atoms with van der Waals surface area (Å²) in [5, 5.41) is 3.10. The lowest BCUT2D eigenvalue weighted by molar-refractivity contribution is -0.124. The quantitative estimate of drug-likeness (QED) is 0.433. The number of nitrogens with one attached hydrogen (secondary N) is 1. The first-order valence-corrected chi connectivity index (χ1v) is 11.8. The molecule has 0 aromatic heterocycles. The Morgan fingerprint density at radius 3 is 2.36 bits per heavy atom. The minimum Gasteiger partial charge on any atom is -0.493 e. The van der Waals surface area contributed by atoms with E-state index in [-0.39, 0.29) is 23.3 Å². The van der Waals surface area contributed by atoms with E-state index in [4.69, 9.17) is 21.7 Å². The smallest absolute Gasteiger partial charge is 0.256 e. The van der Waals surface area contributed by atoms with Gasteiger partial charge in [-0.05, 0) is 72.7 Å². The van der Waals surface area contributed by atoms with Crippen molar-refractivity contribution in [1.29, 1.82) is 0 Å². The lowest BCUT2D eigenvalue weighted by Gasteiger charge is -2.24. The molecule has 1 fully saturated rings. The molecule has 7 nitrogen and oxygen atoms in total. The fraction of sp³-hybridized carbons (Fsp3) is 0.222. The van der Waals surface area contributed by atoms with Crippen LogP contribution in [0.2, 0.25) is 0 Å². The number of hydrogen-bond acceptors (Lipinski definition) is 5. The Morgan fingerprint density at radius 2 is 1.69 bits per heavy atom. The standard InChI is InChI=1S/C27H26FN3O4S/c1-34-23-13-8-18(16-24(23)35-2)14-15-30-22(17-25(32)29-20-6-4-3-5-7-20)26(33)31(27(30)36)21-11-9-19(28)10-12-21/h3-13,16,22H,14-15,17H2,1-2H3,(H,29,32). The van der Waals surface area contributed by atoms with Crippen molar-refractivity contribution in [3.8, 4) is 11.5 Å². The summed E-state index contributed by atoms with van der Waals surface area (Å²) in [6.07, 6.45) is 0.458. The van der Waals surface area contributed by atoms with E-state index in [9.17, 15) is 14.0 Å². The molecule has 3 aromatic rings. The maximum atomic E-state index is 13.5. The molecule has 1 saturated heterocycles. The van der Waals surface area contributed by atoms with Gasteiger partial charge in [0, 0.05) is 12.2 Å². The minimum absolute atomic E-state index is 0.0858. The first-order valence-electron chi connectivity index (χ1n) is 11.4. The number of rotatable bonds is 9. The number of carbonyl (C=O) groups excluding carboxylic acids is 2. The Kier molecular flexibility index (Phi) is 7.80. The largest absolute Gasteiger partial charge is 0.493 e. The Balaban J connectivity index is 1.56. The van der Waals surface area contributed by atoms with E-state index in [2.05, 4.69) is 5.32 Å². The molecule has 1 N–H and O–H groups in total. The average molecular weight is 508 g/mol. The van der Waals surface area contributed by atoms with Crippen molar-refractivity contribution in [3.63, 3.8) is 0 Å². The molecule has 1 aliphatic rings. The predicted octanol–water partition coefficient (Wildman–Crippen LogP) is 4.42. The molecule has 0 radical (unpaired) electrons. The Labute approximate surface area is 214 Å². The predicted molar refractivity (Wildman–Crippen MR) is 140 cm³/mol. The summed E-state index contributed by atoms with van der Waals surface area (Å²) < 4.78 is 24.2. The van der Waals surface area contributed by atoms with Crippen molar-refractivity contribution >= 4 is 40.5 Å². The number of ether oxygens (including phenoxy) is 2. The number of anilines is 2. The molecule has 9 heteroatoms. The highest BCUT2D eigenvalue weighted by Crippen LogP contribution is 2.30. The molecule has 0 spiro atoms. The average Bonchev–Trinajstić information content (AvgIpc) is 3.12. The van der Waals surface area contributed by atoms with Crippen LogP contribution in [-0.4, -0.2) is 48.6 Å². The summed E-state index contributed by atoms with van der Waals surface area (Å²) in [5.41, 5.74) is 2.05. The number of thiocarbonyl (C=S) groups is 1. The van der Waals surface area contributed by atoms with Crippen molar-refractivity contribution in [2.45, 2.75) is 18.9 Å². The number of methoxy groups -OCH3 is 2. The van der Waals surface area contributed by atoms with Gasteiger partial charge in [0.2, 0.25) is 5.91 Å². The second kappa shape index (κ2) is 11.2. The number of carbonyl (C=O) groups is 2. The summed E-state index contributed by atoms with van der Waals surface area (Å²) >= 11 is 5.68. The van der Waals surface area contributed by atoms with Crippen LogP contribution in [0.4, 0.5) is 15.8 Å². The molecule has 36 heavy (non-hydrogen) atoms. The van der Waals surface area contributed by atoms with Gasteiger partial charge in [-0.1, -0.05) is 24.3 Å². The first-order chi connectivity index (χ1) is 17.4. The van der Waals surface area contributed by atoms with Crippen LogP contribution in [0.1, 0.15) is 12.0 Å². The summed E-state index contributed by atoms with van der Waals surface area (Å²) in [6.45, 7) is 0.390. The fourth-order valence-electron chi connectivity index (χ4n) is 4.11. The highest BCUT2D eigenvalue weighted by Gasteiger charge is 2.43. The minimum atomic E-state index is -0.800. The van der Waals surface area contributed by atoms with Crippen LogP contribution in [-0.2, 0) is 16.0 Å². The number of halogens is 1. The fourth-order valence-corrected chi connectivity index (χ4v) is 4.52. The second-order valence-corrected chi connectivity index (χ2v) is 8.56. The van der Waals surface area contributed by atoms with Gasteiger partial charge >= 0.3 is 0 Å². The molecule has 3 aromatic carbocycles. The highest BCUT2D eigenvalue weighted by atomic mass is 32.1. The third kappa shape index (κ3) is 5.46. The summed E-state index contributed by atoms with van der Waals surface area (Å²) in [4.78, 5) is 29.4. The van der Waals surface area contributed by atoms with Crippen molar-refractivity contribution < 1.29 is 23.5 Å².